The topological polar surface area (TPSA) is 46.6 Å². The van der Waals surface area contributed by atoms with Crippen LogP contribution in [-0.4, -0.2) is 29.9 Å². The van der Waals surface area contributed by atoms with Gasteiger partial charge in [0.1, 0.15) is 6.04 Å². The molecule has 6 heteroatoms. The zero-order valence-corrected chi connectivity index (χ0v) is 16.4. The van der Waals surface area contributed by atoms with Gasteiger partial charge in [-0.05, 0) is 52.0 Å². The van der Waals surface area contributed by atoms with Crippen LogP contribution in [0.4, 0.5) is 0 Å². The van der Waals surface area contributed by atoms with Crippen molar-refractivity contribution in [1.82, 2.24) is 4.90 Å². The van der Waals surface area contributed by atoms with E-state index < -0.39 is 6.04 Å². The highest BCUT2D eigenvalue weighted by molar-refractivity contribution is 9.11. The number of carbonyl (C=O) groups excluding carboxylic acids is 2. The van der Waals surface area contributed by atoms with Crippen LogP contribution in [-0.2, 0) is 33.7 Å². The molecule has 3 rings (SSSR count). The van der Waals surface area contributed by atoms with E-state index in [0.29, 0.717) is 19.4 Å². The summed E-state index contributed by atoms with van der Waals surface area (Å²) in [5, 5.41) is 0. The number of thiophene rings is 1. The van der Waals surface area contributed by atoms with Crippen molar-refractivity contribution in [2.75, 3.05) is 7.11 Å². The lowest BCUT2D eigenvalue weighted by Gasteiger charge is -2.35. The lowest BCUT2D eigenvalue weighted by Crippen LogP contribution is -2.49. The number of hydrogen-bond acceptors (Lipinski definition) is 4. The van der Waals surface area contributed by atoms with Crippen molar-refractivity contribution < 1.29 is 14.3 Å². The summed E-state index contributed by atoms with van der Waals surface area (Å²) >= 11 is 5.15. The molecule has 1 aliphatic rings. The predicted molar refractivity (Wildman–Crippen MR) is 101 cm³/mol. The summed E-state index contributed by atoms with van der Waals surface area (Å²) in [6, 6.07) is 11.5. The Labute approximate surface area is 159 Å². The van der Waals surface area contributed by atoms with Gasteiger partial charge in [0.25, 0.3) is 0 Å². The summed E-state index contributed by atoms with van der Waals surface area (Å²) in [7, 11) is 1.38. The van der Waals surface area contributed by atoms with Crippen molar-refractivity contribution in [3.8, 4) is 0 Å². The Morgan fingerprint density at radius 1 is 1.24 bits per heavy atom. The number of aryl methyl sites for hydroxylation is 1. The summed E-state index contributed by atoms with van der Waals surface area (Å²) in [5.41, 5.74) is 2.23. The number of nitrogens with zero attached hydrogens (tertiary/aromatic N) is 1. The number of halogens is 1. The van der Waals surface area contributed by atoms with E-state index in [1.807, 2.05) is 30.3 Å². The van der Waals surface area contributed by atoms with Crippen molar-refractivity contribution in [3.63, 3.8) is 0 Å². The lowest BCUT2D eigenvalue weighted by molar-refractivity contribution is -0.154. The molecule has 0 aliphatic carbocycles. The van der Waals surface area contributed by atoms with Gasteiger partial charge in [0.05, 0.1) is 10.9 Å². The predicted octanol–water partition coefficient (Wildman–Crippen LogP) is 3.96. The van der Waals surface area contributed by atoms with Crippen molar-refractivity contribution in [3.05, 3.63) is 56.2 Å². The van der Waals surface area contributed by atoms with Gasteiger partial charge in [0.2, 0.25) is 5.91 Å². The molecule has 2 heterocycles. The van der Waals surface area contributed by atoms with Gasteiger partial charge >= 0.3 is 5.97 Å². The fraction of sp³-hybridized carbons (Fsp3) is 0.368. The zero-order chi connectivity index (χ0) is 17.8. The number of rotatable bonds is 5. The summed E-state index contributed by atoms with van der Waals surface area (Å²) in [4.78, 5) is 27.9. The van der Waals surface area contributed by atoms with Crippen molar-refractivity contribution in [2.45, 2.75) is 38.3 Å². The Balaban J connectivity index is 1.67. The fourth-order valence-electron chi connectivity index (χ4n) is 3.18. The molecule has 25 heavy (non-hydrogen) atoms. The van der Waals surface area contributed by atoms with Crippen LogP contribution in [0.2, 0.25) is 0 Å². The lowest BCUT2D eigenvalue weighted by atomic mass is 9.93. The second-order valence-electron chi connectivity index (χ2n) is 6.09. The van der Waals surface area contributed by atoms with Gasteiger partial charge in [-0.2, -0.15) is 0 Å². The smallest absolute Gasteiger partial charge is 0.328 e. The Morgan fingerprint density at radius 3 is 2.68 bits per heavy atom. The van der Waals surface area contributed by atoms with Gasteiger partial charge in [-0.3, -0.25) is 4.79 Å². The highest BCUT2D eigenvalue weighted by atomic mass is 79.9. The number of amides is 1. The number of methoxy groups -OCH3 is 1. The number of ether oxygens (including phenoxy) is 1. The van der Waals surface area contributed by atoms with Gasteiger partial charge in [-0.1, -0.05) is 24.3 Å². The van der Waals surface area contributed by atoms with Gasteiger partial charge in [0, 0.05) is 24.3 Å². The molecule has 0 radical (unpaired) electrons. The first-order valence-corrected chi connectivity index (χ1v) is 9.87. The molecule has 1 amide bonds. The molecule has 2 aromatic rings. The molecule has 0 fully saturated rings. The van der Waals surface area contributed by atoms with Crippen LogP contribution < -0.4 is 0 Å². The minimum absolute atomic E-state index is 0.0144. The fourth-order valence-corrected chi connectivity index (χ4v) is 4.70. The summed E-state index contributed by atoms with van der Waals surface area (Å²) in [6.45, 7) is 0.472. The third-order valence-electron chi connectivity index (χ3n) is 4.48. The third kappa shape index (κ3) is 4.30. The Hall–Kier alpha value is -1.66. The second-order valence-corrected chi connectivity index (χ2v) is 8.64. The maximum atomic E-state index is 12.7. The van der Waals surface area contributed by atoms with E-state index in [1.54, 1.807) is 16.2 Å². The van der Waals surface area contributed by atoms with Crippen molar-refractivity contribution in [2.24, 2.45) is 0 Å². The summed E-state index contributed by atoms with van der Waals surface area (Å²) in [6.07, 6.45) is 2.60. The Bertz CT molecular complexity index is 774. The van der Waals surface area contributed by atoms with E-state index in [2.05, 4.69) is 22.0 Å². The van der Waals surface area contributed by atoms with Gasteiger partial charge < -0.3 is 9.64 Å². The molecule has 4 nitrogen and oxygen atoms in total. The molecule has 1 unspecified atom stereocenters. The molecule has 0 spiro atoms. The van der Waals surface area contributed by atoms with Crippen molar-refractivity contribution in [1.29, 1.82) is 0 Å². The standard InChI is InChI=1S/C19H20BrNO3S/c1-24-19(23)16-11-13-5-2-3-6-14(13)12-21(16)18(22)8-4-7-15-9-10-17(20)25-15/h2-3,5-6,9-10,16H,4,7-8,11-12H2,1H3. The van der Waals surface area contributed by atoms with Crippen LogP contribution in [0.5, 0.6) is 0 Å². The highest BCUT2D eigenvalue weighted by Gasteiger charge is 2.34. The monoisotopic (exact) mass is 421 g/mol. The Kier molecular flexibility index (Phi) is 5.91. The molecule has 0 saturated heterocycles. The molecular weight excluding hydrogens is 402 g/mol. The van der Waals surface area contributed by atoms with Gasteiger partial charge in [-0.25, -0.2) is 4.79 Å². The molecular formula is C19H20BrNO3S. The normalized spacial score (nSPS) is 16.4. The molecule has 0 saturated carbocycles. The summed E-state index contributed by atoms with van der Waals surface area (Å²) < 4.78 is 6.03. The van der Waals surface area contributed by atoms with E-state index >= 15 is 0 Å². The maximum absolute atomic E-state index is 12.7. The van der Waals surface area contributed by atoms with Crippen LogP contribution in [0.15, 0.2) is 40.2 Å². The van der Waals surface area contributed by atoms with Crippen LogP contribution in [0, 0.1) is 0 Å². The SMILES string of the molecule is COC(=O)C1Cc2ccccc2CN1C(=O)CCCc1ccc(Br)s1. The first kappa shape index (κ1) is 18.1. The van der Waals surface area contributed by atoms with Gasteiger partial charge in [-0.15, -0.1) is 11.3 Å². The third-order valence-corrected chi connectivity index (χ3v) is 6.17. The van der Waals surface area contributed by atoms with E-state index in [9.17, 15) is 9.59 Å². The number of hydrogen-bond donors (Lipinski definition) is 0. The van der Waals surface area contributed by atoms with E-state index in [1.165, 1.54) is 12.0 Å². The molecule has 132 valence electrons. The van der Waals surface area contributed by atoms with Crippen LogP contribution in [0.1, 0.15) is 28.8 Å². The van der Waals surface area contributed by atoms with Crippen molar-refractivity contribution >= 4 is 39.1 Å². The minimum Gasteiger partial charge on any atom is -0.467 e. The molecule has 1 atom stereocenters. The highest BCUT2D eigenvalue weighted by Crippen LogP contribution is 2.26. The second kappa shape index (κ2) is 8.15. The number of esters is 1. The molecule has 0 N–H and O–H groups in total. The molecule has 1 aromatic carbocycles. The van der Waals surface area contributed by atoms with E-state index in [0.717, 1.165) is 27.8 Å². The maximum Gasteiger partial charge on any atom is 0.328 e. The molecule has 1 aliphatic heterocycles. The molecule has 0 bridgehead atoms. The van der Waals surface area contributed by atoms with E-state index in [4.69, 9.17) is 4.74 Å². The summed E-state index contributed by atoms with van der Waals surface area (Å²) in [5.74, 6) is -0.328. The number of benzene rings is 1. The minimum atomic E-state index is -0.525. The average Bonchev–Trinajstić information content (AvgIpc) is 3.05. The first-order valence-electron chi connectivity index (χ1n) is 8.27. The van der Waals surface area contributed by atoms with Crippen LogP contribution in [0.25, 0.3) is 0 Å². The molecule has 1 aromatic heterocycles. The number of fused-ring (bicyclic) bond motifs is 1. The average molecular weight is 422 g/mol. The van der Waals surface area contributed by atoms with Crippen LogP contribution in [0.3, 0.4) is 0 Å². The van der Waals surface area contributed by atoms with Gasteiger partial charge in [0.15, 0.2) is 0 Å². The quantitative estimate of drug-likeness (QED) is 0.686. The first-order chi connectivity index (χ1) is 12.1. The zero-order valence-electron chi connectivity index (χ0n) is 14.0. The number of carbonyl (C=O) groups is 2. The van der Waals surface area contributed by atoms with E-state index in [-0.39, 0.29) is 11.9 Å². The Morgan fingerprint density at radius 2 is 2.00 bits per heavy atom. The largest absolute Gasteiger partial charge is 0.467 e. The van der Waals surface area contributed by atoms with Crippen LogP contribution >= 0.6 is 27.3 Å².